The van der Waals surface area contributed by atoms with Crippen molar-refractivity contribution in [2.24, 2.45) is 0 Å². The molecule has 1 unspecified atom stereocenters. The lowest BCUT2D eigenvalue weighted by molar-refractivity contribution is -0.785. The first-order chi connectivity index (χ1) is 36.5. The van der Waals surface area contributed by atoms with Gasteiger partial charge >= 0.3 is 0 Å². The lowest BCUT2D eigenvalue weighted by atomic mass is 10.0. The van der Waals surface area contributed by atoms with Crippen LogP contribution in [0.25, 0.3) is 22.5 Å². The van der Waals surface area contributed by atoms with Gasteiger partial charge in [0.1, 0.15) is 22.9 Å². The highest BCUT2D eigenvalue weighted by Crippen LogP contribution is 2.39. The van der Waals surface area contributed by atoms with Crippen molar-refractivity contribution in [3.05, 3.63) is 109 Å². The summed E-state index contributed by atoms with van der Waals surface area (Å²) >= 11 is 0. The second-order valence-electron chi connectivity index (χ2n) is 20.4. The van der Waals surface area contributed by atoms with Gasteiger partial charge in [-0.05, 0) is 105 Å². The van der Waals surface area contributed by atoms with Gasteiger partial charge in [0, 0.05) is 106 Å². The first kappa shape index (κ1) is 47.4. The molecule has 16 nitrogen and oxygen atoms in total. The van der Waals surface area contributed by atoms with Crippen LogP contribution in [0, 0.1) is 23.7 Å². The summed E-state index contributed by atoms with van der Waals surface area (Å²) < 4.78 is 2.16. The normalized spacial score (nSPS) is 20.9. The number of hydrogen-bond acceptors (Lipinski definition) is 15. The highest BCUT2D eigenvalue weighted by atomic mass is 16.3. The Balaban J connectivity index is 0.747. The first-order valence-corrected chi connectivity index (χ1v) is 26.8. The Kier molecular flexibility index (Phi) is 13.7. The van der Waals surface area contributed by atoms with Crippen molar-refractivity contribution < 1.29 is 14.9 Å². The Morgan fingerprint density at radius 1 is 0.581 bits per heavy atom. The number of para-hydroxylation sites is 2. The van der Waals surface area contributed by atoms with Crippen molar-refractivity contribution in [1.82, 2.24) is 35.1 Å². The van der Waals surface area contributed by atoms with Crippen LogP contribution in [-0.2, 0) is 0 Å². The van der Waals surface area contributed by atoms with Gasteiger partial charge in [-0.15, -0.1) is 10.2 Å². The minimum absolute atomic E-state index is 0.0679. The number of phenols is 2. The maximum absolute atomic E-state index is 11.4. The van der Waals surface area contributed by atoms with Crippen LogP contribution >= 0.6 is 0 Å². The highest BCUT2D eigenvalue weighted by molar-refractivity contribution is 5.78. The maximum Gasteiger partial charge on any atom is 0.246 e. The van der Waals surface area contributed by atoms with Crippen molar-refractivity contribution >= 4 is 34.4 Å². The van der Waals surface area contributed by atoms with E-state index < -0.39 is 0 Å². The molecule has 10 heterocycles. The number of nitrogens with one attached hydrogen (secondary N) is 2. The third-order valence-corrected chi connectivity index (χ3v) is 15.7. The maximum atomic E-state index is 11.4. The van der Waals surface area contributed by atoms with E-state index in [2.05, 4.69) is 114 Å². The number of nitrogens with zero attached hydrogens (tertiary/aromatic N) is 12. The van der Waals surface area contributed by atoms with Crippen molar-refractivity contribution in [3.8, 4) is 57.7 Å². The number of fused-ring (bicyclic) bond motifs is 6. The number of likely N-dealkylation sites (tertiary alicyclic amines) is 2. The molecule has 0 spiro atoms. The molecule has 0 aliphatic carbocycles. The van der Waals surface area contributed by atoms with Crippen LogP contribution in [0.2, 0.25) is 0 Å². The van der Waals surface area contributed by atoms with Crippen LogP contribution in [-0.4, -0.2) is 142 Å². The lowest BCUT2D eigenvalue weighted by Crippen LogP contribution is -2.59. The summed E-state index contributed by atoms with van der Waals surface area (Å²) in [7, 11) is 0. The van der Waals surface area contributed by atoms with E-state index in [-0.39, 0.29) is 29.7 Å². The molecule has 4 N–H and O–H groups in total. The predicted octanol–water partition coefficient (Wildman–Crippen LogP) is 6.59. The van der Waals surface area contributed by atoms with E-state index in [9.17, 15) is 10.2 Å². The Morgan fingerprint density at radius 3 is 1.85 bits per heavy atom. The zero-order chi connectivity index (χ0) is 49.8. The van der Waals surface area contributed by atoms with E-state index in [1.807, 2.05) is 54.9 Å². The Bertz CT molecular complexity index is 3120. The average molecular weight is 990 g/mol. The molecule has 0 saturated carbocycles. The molecule has 0 bridgehead atoms. The minimum atomic E-state index is -0.0679. The van der Waals surface area contributed by atoms with Crippen molar-refractivity contribution in [2.45, 2.75) is 69.6 Å². The van der Waals surface area contributed by atoms with Gasteiger partial charge in [-0.1, -0.05) is 60.1 Å². The van der Waals surface area contributed by atoms with Crippen molar-refractivity contribution in [1.29, 1.82) is 0 Å². The SMILES string of the molecule is Oc1ccccc1-c1cc2c(nn1)NC[C@H]1CN(c3ccnc(C#CCN4CCCCCC4[n+]4nc5c(cc4-c4ccccc4O)N4CCN(c6ccnc(C#CCN7CCCCCC7)c6)C[C@H]4CN5)c3)CCN21. The number of rotatable bonds is 7. The van der Waals surface area contributed by atoms with Crippen LogP contribution in [0.15, 0.2) is 97.3 Å². The summed E-state index contributed by atoms with van der Waals surface area (Å²) in [5.41, 5.74) is 8.89. The van der Waals surface area contributed by atoms with Crippen LogP contribution in [0.5, 0.6) is 11.5 Å². The van der Waals surface area contributed by atoms with E-state index in [0.29, 0.717) is 17.8 Å². The van der Waals surface area contributed by atoms with Gasteiger partial charge in [0.2, 0.25) is 17.7 Å². The van der Waals surface area contributed by atoms with Crippen LogP contribution in [0.4, 0.5) is 34.4 Å². The highest BCUT2D eigenvalue weighted by Gasteiger charge is 2.40. The van der Waals surface area contributed by atoms with Crippen LogP contribution in [0.1, 0.15) is 68.9 Å². The van der Waals surface area contributed by atoms with E-state index in [4.69, 9.17) is 10.1 Å². The quantitative estimate of drug-likeness (QED) is 0.101. The first-order valence-electron chi connectivity index (χ1n) is 26.8. The zero-order valence-corrected chi connectivity index (χ0v) is 42.1. The fraction of sp³-hybridized carbons (Fsp3) is 0.414. The molecule has 4 fully saturated rings. The summed E-state index contributed by atoms with van der Waals surface area (Å²) in [5, 5.41) is 43.6. The molecule has 4 saturated heterocycles. The smallest absolute Gasteiger partial charge is 0.246 e. The topological polar surface area (TPSA) is 152 Å². The summed E-state index contributed by atoms with van der Waals surface area (Å²) in [5.74, 6) is 15.8. The molecule has 0 amide bonds. The molecule has 6 aliphatic heterocycles. The molecule has 74 heavy (non-hydrogen) atoms. The summed E-state index contributed by atoms with van der Waals surface area (Å²) in [6, 6.07) is 28.1. The fourth-order valence-corrected chi connectivity index (χ4v) is 11.8. The molecule has 3 atom stereocenters. The molecule has 12 rings (SSSR count). The Morgan fingerprint density at radius 2 is 1.18 bits per heavy atom. The van der Waals surface area contributed by atoms with Gasteiger partial charge in [-0.3, -0.25) is 4.90 Å². The van der Waals surface area contributed by atoms with E-state index in [1.54, 1.807) is 12.1 Å². The van der Waals surface area contributed by atoms with Gasteiger partial charge < -0.3 is 40.4 Å². The summed E-state index contributed by atoms with van der Waals surface area (Å²) in [6.07, 6.45) is 13.1. The average Bonchev–Trinajstić information content (AvgIpc) is 3.86. The summed E-state index contributed by atoms with van der Waals surface area (Å²) in [4.78, 5) is 24.1. The van der Waals surface area contributed by atoms with E-state index >= 15 is 0 Å². The monoisotopic (exact) mass is 990 g/mol. The Hall–Kier alpha value is -7.66. The van der Waals surface area contributed by atoms with Gasteiger partial charge in [0.25, 0.3) is 0 Å². The molecule has 0 radical (unpaired) electrons. The van der Waals surface area contributed by atoms with E-state index in [0.717, 1.165) is 161 Å². The zero-order valence-electron chi connectivity index (χ0n) is 42.1. The number of pyridine rings is 2. The molecule has 378 valence electrons. The van der Waals surface area contributed by atoms with Gasteiger partial charge in [0.05, 0.1) is 47.8 Å². The summed E-state index contributed by atoms with van der Waals surface area (Å²) in [6.45, 7) is 11.1. The molecular formula is C58H65N14O2+. The van der Waals surface area contributed by atoms with Crippen LogP contribution in [0.3, 0.4) is 0 Å². The number of phenolic OH excluding ortho intramolecular Hbond substituents is 2. The second-order valence-corrected chi connectivity index (χ2v) is 20.4. The number of aromatic nitrogens is 6. The third-order valence-electron chi connectivity index (χ3n) is 15.7. The number of anilines is 6. The predicted molar refractivity (Wildman–Crippen MR) is 291 cm³/mol. The standard InChI is InChI=1S/C58H64N14O2/c73-54-18-7-5-16-48(54)50-36-52-57(64-63-50)61-38-46-40-68(30-32-70(46)52)45-22-24-60-43(35-45)15-13-29-67-28-11-3-4-20-56(67)72-51(49-17-6-8-19-55(49)74)37-53-58(65-72)62-39-47-41-69(31-33-71(47)53)44-21-23-59-42(34-44)14-12-27-66-25-9-1-2-10-26-66/h5-8,16-19,21-24,34-37,46-47,56H,1-4,9-11,20,25-33,38-41H2,(H3,61,62,63,64,65,73,74)/p+1/t46-,47+,56?/m0/s1. The van der Waals surface area contributed by atoms with E-state index in [1.165, 1.54) is 25.7 Å². The molecule has 6 aromatic rings. The Labute approximate surface area is 434 Å². The van der Waals surface area contributed by atoms with Crippen molar-refractivity contribution in [3.63, 3.8) is 0 Å². The lowest BCUT2D eigenvalue weighted by Gasteiger charge is -2.46. The minimum Gasteiger partial charge on any atom is -0.507 e. The largest absolute Gasteiger partial charge is 0.507 e. The van der Waals surface area contributed by atoms with Gasteiger partial charge in [0.15, 0.2) is 5.82 Å². The van der Waals surface area contributed by atoms with Crippen LogP contribution < -0.4 is 34.9 Å². The number of aromatic hydroxyl groups is 2. The third kappa shape index (κ3) is 10.0. The number of hydrogen-bond donors (Lipinski definition) is 4. The molecular weight excluding hydrogens is 925 g/mol. The number of piperazine rings is 2. The molecule has 2 aromatic carbocycles. The fourth-order valence-electron chi connectivity index (χ4n) is 11.8. The number of benzene rings is 2. The molecule has 6 aliphatic rings. The molecule has 16 heteroatoms. The molecule has 4 aromatic heterocycles. The van der Waals surface area contributed by atoms with Crippen molar-refractivity contribution in [2.75, 3.05) is 115 Å². The van der Waals surface area contributed by atoms with Gasteiger partial charge in [-0.25, -0.2) is 14.9 Å². The van der Waals surface area contributed by atoms with Gasteiger partial charge in [-0.2, -0.15) is 0 Å². The second kappa shape index (κ2) is 21.4.